The number of furan rings is 1. The number of nitrogens with zero attached hydrogens (tertiary/aromatic N) is 2. The lowest BCUT2D eigenvalue weighted by atomic mass is 10.2. The summed E-state index contributed by atoms with van der Waals surface area (Å²) in [6.07, 6.45) is 1.67. The van der Waals surface area contributed by atoms with Gasteiger partial charge in [-0.2, -0.15) is 4.98 Å². The summed E-state index contributed by atoms with van der Waals surface area (Å²) in [5.74, 6) is 2.27. The van der Waals surface area contributed by atoms with Crippen molar-refractivity contribution >= 4 is 11.0 Å². The molecule has 4 rings (SSSR count). The van der Waals surface area contributed by atoms with Gasteiger partial charge in [0.25, 0.3) is 0 Å². The predicted molar refractivity (Wildman–Crippen MR) is 101 cm³/mol. The average Bonchev–Trinajstić information content (AvgIpc) is 3.33. The monoisotopic (exact) mass is 347 g/mol. The molecule has 1 atom stereocenters. The number of rotatable bonds is 7. The number of aromatic nitrogens is 2. The van der Waals surface area contributed by atoms with Crippen LogP contribution in [0.25, 0.3) is 22.4 Å². The first-order valence-corrected chi connectivity index (χ1v) is 8.89. The van der Waals surface area contributed by atoms with Gasteiger partial charge in [0.15, 0.2) is 0 Å². The molecule has 0 bridgehead atoms. The highest BCUT2D eigenvalue weighted by Crippen LogP contribution is 2.23. The maximum absolute atomic E-state index is 5.89. The fourth-order valence-corrected chi connectivity index (χ4v) is 2.94. The van der Waals surface area contributed by atoms with E-state index in [1.807, 2.05) is 48.5 Å². The lowest BCUT2D eigenvalue weighted by Crippen LogP contribution is -2.19. The van der Waals surface area contributed by atoms with E-state index in [4.69, 9.17) is 8.94 Å². The molecule has 2 aromatic heterocycles. The van der Waals surface area contributed by atoms with E-state index < -0.39 is 0 Å². The summed E-state index contributed by atoms with van der Waals surface area (Å²) < 4.78 is 11.2. The zero-order chi connectivity index (χ0) is 17.8. The number of hydrogen-bond donors (Lipinski definition) is 1. The summed E-state index contributed by atoms with van der Waals surface area (Å²) in [6, 6.07) is 20.2. The Morgan fingerprint density at radius 2 is 1.85 bits per heavy atom. The molecule has 2 aromatic carbocycles. The van der Waals surface area contributed by atoms with E-state index in [-0.39, 0.29) is 6.04 Å². The van der Waals surface area contributed by atoms with E-state index in [1.54, 1.807) is 0 Å². The van der Waals surface area contributed by atoms with Crippen molar-refractivity contribution in [3.63, 3.8) is 0 Å². The molecule has 132 valence electrons. The highest BCUT2D eigenvalue weighted by atomic mass is 16.5. The highest BCUT2D eigenvalue weighted by molar-refractivity contribution is 5.77. The fourth-order valence-electron chi connectivity index (χ4n) is 2.94. The Morgan fingerprint density at radius 1 is 1.04 bits per heavy atom. The van der Waals surface area contributed by atoms with Gasteiger partial charge < -0.3 is 14.3 Å². The van der Waals surface area contributed by atoms with Crippen LogP contribution < -0.4 is 5.32 Å². The molecule has 0 spiro atoms. The summed E-state index contributed by atoms with van der Waals surface area (Å²) >= 11 is 0. The average molecular weight is 347 g/mol. The molecule has 0 aliphatic rings. The lowest BCUT2D eigenvalue weighted by molar-refractivity contribution is 0.372. The normalized spacial score (nSPS) is 12.5. The molecule has 0 radical (unpaired) electrons. The second-order valence-electron chi connectivity index (χ2n) is 6.34. The predicted octanol–water partition coefficient (Wildman–Crippen LogP) is 4.77. The SMILES string of the molecule is CC(NCCCc1nc(-c2ccccc2)no1)c1cc2ccccc2o1. The van der Waals surface area contributed by atoms with Crippen molar-refractivity contribution < 1.29 is 8.94 Å². The topological polar surface area (TPSA) is 64.1 Å². The minimum atomic E-state index is 0.157. The van der Waals surface area contributed by atoms with Gasteiger partial charge in [-0.05, 0) is 32.0 Å². The van der Waals surface area contributed by atoms with Crippen LogP contribution in [0.5, 0.6) is 0 Å². The Morgan fingerprint density at radius 3 is 2.69 bits per heavy atom. The number of benzene rings is 2. The Kier molecular flexibility index (Phi) is 4.80. The zero-order valence-electron chi connectivity index (χ0n) is 14.7. The minimum absolute atomic E-state index is 0.157. The van der Waals surface area contributed by atoms with Gasteiger partial charge in [-0.15, -0.1) is 0 Å². The van der Waals surface area contributed by atoms with Gasteiger partial charge in [-0.1, -0.05) is 53.7 Å². The van der Waals surface area contributed by atoms with E-state index in [2.05, 4.69) is 34.5 Å². The molecule has 1 unspecified atom stereocenters. The van der Waals surface area contributed by atoms with Gasteiger partial charge in [0, 0.05) is 17.4 Å². The molecule has 0 saturated heterocycles. The second kappa shape index (κ2) is 7.54. The molecular weight excluding hydrogens is 326 g/mol. The first-order chi connectivity index (χ1) is 12.8. The number of para-hydroxylation sites is 1. The molecule has 0 aliphatic carbocycles. The van der Waals surface area contributed by atoms with Crippen molar-refractivity contribution in [1.82, 2.24) is 15.5 Å². The first-order valence-electron chi connectivity index (χ1n) is 8.89. The third kappa shape index (κ3) is 3.68. The van der Waals surface area contributed by atoms with Crippen molar-refractivity contribution in [2.24, 2.45) is 0 Å². The van der Waals surface area contributed by atoms with E-state index >= 15 is 0 Å². The molecule has 0 aliphatic heterocycles. The Balaban J connectivity index is 1.28. The standard InChI is InChI=1S/C21H21N3O2/c1-15(19-14-17-10-5-6-11-18(17)25-19)22-13-7-12-20-23-21(24-26-20)16-8-3-2-4-9-16/h2-6,8-11,14-15,22H,7,12-13H2,1H3. The number of aryl methyl sites for hydroxylation is 1. The molecule has 0 saturated carbocycles. The Labute approximate surface area is 152 Å². The molecule has 5 heteroatoms. The van der Waals surface area contributed by atoms with Crippen LogP contribution in [0.3, 0.4) is 0 Å². The van der Waals surface area contributed by atoms with Gasteiger partial charge in [0.2, 0.25) is 11.7 Å². The van der Waals surface area contributed by atoms with Crippen LogP contribution in [0, 0.1) is 0 Å². The van der Waals surface area contributed by atoms with Crippen LogP contribution in [-0.4, -0.2) is 16.7 Å². The summed E-state index contributed by atoms with van der Waals surface area (Å²) in [7, 11) is 0. The number of fused-ring (bicyclic) bond motifs is 1. The van der Waals surface area contributed by atoms with Gasteiger partial charge >= 0.3 is 0 Å². The van der Waals surface area contributed by atoms with E-state index in [1.165, 1.54) is 0 Å². The van der Waals surface area contributed by atoms with Crippen LogP contribution in [0.15, 0.2) is 69.6 Å². The van der Waals surface area contributed by atoms with Crippen molar-refractivity contribution in [1.29, 1.82) is 0 Å². The highest BCUT2D eigenvalue weighted by Gasteiger charge is 2.11. The molecule has 4 aromatic rings. The van der Waals surface area contributed by atoms with Crippen molar-refractivity contribution in [3.05, 3.63) is 72.3 Å². The van der Waals surface area contributed by atoms with Crippen LogP contribution >= 0.6 is 0 Å². The summed E-state index contributed by atoms with van der Waals surface area (Å²) in [5, 5.41) is 8.67. The van der Waals surface area contributed by atoms with Crippen LogP contribution in [-0.2, 0) is 6.42 Å². The maximum Gasteiger partial charge on any atom is 0.227 e. The van der Waals surface area contributed by atoms with Crippen molar-refractivity contribution in [2.45, 2.75) is 25.8 Å². The fraction of sp³-hybridized carbons (Fsp3) is 0.238. The molecule has 5 nitrogen and oxygen atoms in total. The molecular formula is C21H21N3O2. The quantitative estimate of drug-likeness (QED) is 0.488. The van der Waals surface area contributed by atoms with E-state index in [0.717, 1.165) is 41.7 Å². The second-order valence-corrected chi connectivity index (χ2v) is 6.34. The van der Waals surface area contributed by atoms with Gasteiger partial charge in [-0.3, -0.25) is 0 Å². The summed E-state index contributed by atoms with van der Waals surface area (Å²) in [6.45, 7) is 2.96. The van der Waals surface area contributed by atoms with E-state index in [9.17, 15) is 0 Å². The van der Waals surface area contributed by atoms with Crippen LogP contribution in [0.1, 0.15) is 31.0 Å². The van der Waals surface area contributed by atoms with Gasteiger partial charge in [0.1, 0.15) is 11.3 Å². The smallest absolute Gasteiger partial charge is 0.227 e. The lowest BCUT2D eigenvalue weighted by Gasteiger charge is -2.10. The van der Waals surface area contributed by atoms with Crippen molar-refractivity contribution in [2.75, 3.05) is 6.54 Å². The van der Waals surface area contributed by atoms with E-state index in [0.29, 0.717) is 11.7 Å². The molecule has 26 heavy (non-hydrogen) atoms. The van der Waals surface area contributed by atoms with Crippen LogP contribution in [0.4, 0.5) is 0 Å². The third-order valence-corrected chi connectivity index (χ3v) is 4.39. The molecule has 0 fully saturated rings. The molecule has 2 heterocycles. The van der Waals surface area contributed by atoms with Gasteiger partial charge in [0.05, 0.1) is 6.04 Å². The summed E-state index contributed by atoms with van der Waals surface area (Å²) in [4.78, 5) is 4.46. The largest absolute Gasteiger partial charge is 0.459 e. The number of nitrogens with one attached hydrogen (secondary N) is 1. The number of hydrogen-bond acceptors (Lipinski definition) is 5. The zero-order valence-corrected chi connectivity index (χ0v) is 14.7. The Bertz CT molecular complexity index is 942. The minimum Gasteiger partial charge on any atom is -0.459 e. The molecule has 0 amide bonds. The first kappa shape index (κ1) is 16.5. The van der Waals surface area contributed by atoms with Crippen molar-refractivity contribution in [3.8, 4) is 11.4 Å². The molecule has 1 N–H and O–H groups in total. The van der Waals surface area contributed by atoms with Crippen LogP contribution in [0.2, 0.25) is 0 Å². The van der Waals surface area contributed by atoms with Gasteiger partial charge in [-0.25, -0.2) is 0 Å². The third-order valence-electron chi connectivity index (χ3n) is 4.39. The summed E-state index contributed by atoms with van der Waals surface area (Å²) in [5.41, 5.74) is 1.90. The Hall–Kier alpha value is -2.92. The maximum atomic E-state index is 5.89.